The first-order valence-corrected chi connectivity index (χ1v) is 8.64. The predicted molar refractivity (Wildman–Crippen MR) is 87.6 cm³/mol. The summed E-state index contributed by atoms with van der Waals surface area (Å²) in [5, 5.41) is 12.2. The number of carboxylic acids is 1. The predicted octanol–water partition coefficient (Wildman–Crippen LogP) is 2.42. The molecule has 0 radical (unpaired) electrons. The van der Waals surface area contributed by atoms with Gasteiger partial charge in [-0.25, -0.2) is 4.98 Å². The number of nitrogens with one attached hydrogen (secondary N) is 1. The van der Waals surface area contributed by atoms with Gasteiger partial charge in [0.05, 0.1) is 13.0 Å². The zero-order chi connectivity index (χ0) is 16.2. The summed E-state index contributed by atoms with van der Waals surface area (Å²) in [4.78, 5) is 15.0. The summed E-state index contributed by atoms with van der Waals surface area (Å²) in [5.41, 5.74) is 1.63. The third-order valence-corrected chi connectivity index (χ3v) is 5.14. The topological polar surface area (TPSA) is 71.5 Å². The van der Waals surface area contributed by atoms with Gasteiger partial charge in [-0.3, -0.25) is 4.79 Å². The fraction of sp³-hybridized carbons (Fsp3) is 0.667. The lowest BCUT2D eigenvalue weighted by molar-refractivity contribution is -0.136. The fourth-order valence-electron chi connectivity index (χ4n) is 3.80. The van der Waals surface area contributed by atoms with Gasteiger partial charge in [-0.1, -0.05) is 0 Å². The first-order chi connectivity index (χ1) is 11.1. The van der Waals surface area contributed by atoms with Gasteiger partial charge in [-0.05, 0) is 75.1 Å². The van der Waals surface area contributed by atoms with Crippen LogP contribution in [0, 0.1) is 24.7 Å². The van der Waals surface area contributed by atoms with Crippen LogP contribution in [-0.4, -0.2) is 35.8 Å². The van der Waals surface area contributed by atoms with E-state index >= 15 is 0 Å². The van der Waals surface area contributed by atoms with Crippen LogP contribution in [0.15, 0.2) is 12.3 Å². The lowest BCUT2D eigenvalue weighted by Crippen LogP contribution is -2.29. The van der Waals surface area contributed by atoms with Gasteiger partial charge in [0.1, 0.15) is 0 Å². The highest BCUT2D eigenvalue weighted by atomic mass is 16.5. The second-order valence-corrected chi connectivity index (χ2v) is 6.92. The summed E-state index contributed by atoms with van der Waals surface area (Å²) in [6.07, 6.45) is 6.73. The molecule has 23 heavy (non-hydrogen) atoms. The summed E-state index contributed by atoms with van der Waals surface area (Å²) >= 11 is 0. The van der Waals surface area contributed by atoms with Crippen LogP contribution in [0.5, 0.6) is 5.88 Å². The van der Waals surface area contributed by atoms with Crippen molar-refractivity contribution < 1.29 is 14.6 Å². The minimum absolute atomic E-state index is 0.00806. The number of aromatic nitrogens is 1. The van der Waals surface area contributed by atoms with Gasteiger partial charge in [0.25, 0.3) is 0 Å². The molecule has 0 unspecified atom stereocenters. The molecule has 3 rings (SSSR count). The SMILES string of the molecule is Cc1cc(CC(=O)O)cnc1OCC[C@@H]1C[C@@H]1C1CCNCC1. The Bertz CT molecular complexity index is 555. The molecule has 0 bridgehead atoms. The minimum Gasteiger partial charge on any atom is -0.481 e. The average molecular weight is 318 g/mol. The lowest BCUT2D eigenvalue weighted by atomic mass is 9.91. The number of pyridine rings is 1. The van der Waals surface area contributed by atoms with Crippen LogP contribution in [0.25, 0.3) is 0 Å². The van der Waals surface area contributed by atoms with Gasteiger partial charge in [0.15, 0.2) is 0 Å². The summed E-state index contributed by atoms with van der Waals surface area (Å²) in [6.45, 7) is 4.98. The number of hydrogen-bond acceptors (Lipinski definition) is 4. The minimum atomic E-state index is -0.836. The van der Waals surface area contributed by atoms with E-state index in [1.54, 1.807) is 6.20 Å². The Hall–Kier alpha value is -1.62. The number of hydrogen-bond donors (Lipinski definition) is 2. The summed E-state index contributed by atoms with van der Waals surface area (Å²) < 4.78 is 5.81. The summed E-state index contributed by atoms with van der Waals surface area (Å²) in [7, 11) is 0. The summed E-state index contributed by atoms with van der Waals surface area (Å²) in [5.74, 6) is 2.45. The van der Waals surface area contributed by atoms with E-state index in [-0.39, 0.29) is 6.42 Å². The quantitative estimate of drug-likeness (QED) is 0.808. The molecule has 0 aromatic carbocycles. The van der Waals surface area contributed by atoms with Crippen LogP contribution in [-0.2, 0) is 11.2 Å². The maximum Gasteiger partial charge on any atom is 0.307 e. The lowest BCUT2D eigenvalue weighted by Gasteiger charge is -2.22. The number of ether oxygens (including phenoxy) is 1. The van der Waals surface area contributed by atoms with E-state index in [1.165, 1.54) is 32.4 Å². The highest BCUT2D eigenvalue weighted by Crippen LogP contribution is 2.49. The Balaban J connectivity index is 1.42. The molecule has 2 N–H and O–H groups in total. The van der Waals surface area contributed by atoms with E-state index in [2.05, 4.69) is 10.3 Å². The Morgan fingerprint density at radius 3 is 2.91 bits per heavy atom. The van der Waals surface area contributed by atoms with Crippen molar-refractivity contribution in [3.8, 4) is 5.88 Å². The van der Waals surface area contributed by atoms with Crippen molar-refractivity contribution in [2.45, 2.75) is 39.0 Å². The highest BCUT2D eigenvalue weighted by Gasteiger charge is 2.42. The largest absolute Gasteiger partial charge is 0.481 e. The Labute approximate surface area is 137 Å². The van der Waals surface area contributed by atoms with Gasteiger partial charge < -0.3 is 15.2 Å². The van der Waals surface area contributed by atoms with Gasteiger partial charge in [0.2, 0.25) is 5.88 Å². The molecule has 2 fully saturated rings. The third kappa shape index (κ3) is 4.44. The van der Waals surface area contributed by atoms with Crippen LogP contribution in [0.3, 0.4) is 0 Å². The molecule has 0 spiro atoms. The molecule has 1 aliphatic heterocycles. The molecule has 5 nitrogen and oxygen atoms in total. The zero-order valence-electron chi connectivity index (χ0n) is 13.8. The number of nitrogens with zero attached hydrogens (tertiary/aromatic N) is 1. The molecule has 2 heterocycles. The van der Waals surface area contributed by atoms with Crippen LogP contribution in [0.4, 0.5) is 0 Å². The zero-order valence-corrected chi connectivity index (χ0v) is 13.8. The van der Waals surface area contributed by atoms with E-state index in [0.29, 0.717) is 12.5 Å². The van der Waals surface area contributed by atoms with Crippen LogP contribution in [0.2, 0.25) is 0 Å². The van der Waals surface area contributed by atoms with E-state index in [0.717, 1.165) is 35.3 Å². The smallest absolute Gasteiger partial charge is 0.307 e. The number of aliphatic carboxylic acids is 1. The Kier molecular flexibility index (Phi) is 5.16. The molecule has 5 heteroatoms. The van der Waals surface area contributed by atoms with Crippen LogP contribution < -0.4 is 10.1 Å². The number of carboxylic acid groups (broad SMARTS) is 1. The number of aryl methyl sites for hydroxylation is 1. The standard InChI is InChI=1S/C18H26N2O3/c1-12-8-13(9-17(21)22)11-20-18(12)23-7-4-15-10-16(15)14-2-5-19-6-3-14/h8,11,14-16,19H,2-7,9-10H2,1H3,(H,21,22)/t15-,16-/m1/s1. The molecule has 2 aliphatic rings. The van der Waals surface area contributed by atoms with Crippen molar-refractivity contribution in [1.82, 2.24) is 10.3 Å². The first kappa shape index (κ1) is 16.2. The Morgan fingerprint density at radius 2 is 2.22 bits per heavy atom. The monoisotopic (exact) mass is 318 g/mol. The maximum absolute atomic E-state index is 10.7. The number of carbonyl (C=O) groups is 1. The third-order valence-electron chi connectivity index (χ3n) is 5.14. The molecule has 1 aromatic heterocycles. The number of piperidine rings is 1. The summed E-state index contributed by atoms with van der Waals surface area (Å²) in [6, 6.07) is 1.85. The first-order valence-electron chi connectivity index (χ1n) is 8.64. The maximum atomic E-state index is 10.7. The fourth-order valence-corrected chi connectivity index (χ4v) is 3.80. The highest BCUT2D eigenvalue weighted by molar-refractivity contribution is 5.70. The van der Waals surface area contributed by atoms with E-state index in [1.807, 2.05) is 13.0 Å². The van der Waals surface area contributed by atoms with Crippen molar-refractivity contribution in [1.29, 1.82) is 0 Å². The molecular formula is C18H26N2O3. The Morgan fingerprint density at radius 1 is 1.43 bits per heavy atom. The second kappa shape index (κ2) is 7.30. The number of rotatable bonds is 7. The molecule has 1 saturated carbocycles. The van der Waals surface area contributed by atoms with Crippen molar-refractivity contribution in [2.24, 2.45) is 17.8 Å². The molecule has 2 atom stereocenters. The van der Waals surface area contributed by atoms with E-state index in [9.17, 15) is 4.79 Å². The molecule has 1 saturated heterocycles. The molecule has 0 amide bonds. The van der Waals surface area contributed by atoms with Crippen molar-refractivity contribution in [2.75, 3.05) is 19.7 Å². The molecular weight excluding hydrogens is 292 g/mol. The second-order valence-electron chi connectivity index (χ2n) is 6.92. The van der Waals surface area contributed by atoms with Crippen LogP contribution >= 0.6 is 0 Å². The molecule has 1 aromatic rings. The van der Waals surface area contributed by atoms with Gasteiger partial charge in [-0.15, -0.1) is 0 Å². The van der Waals surface area contributed by atoms with E-state index in [4.69, 9.17) is 9.84 Å². The van der Waals surface area contributed by atoms with Gasteiger partial charge in [0, 0.05) is 11.8 Å². The van der Waals surface area contributed by atoms with E-state index < -0.39 is 5.97 Å². The average Bonchev–Trinajstić information content (AvgIpc) is 3.29. The normalized spacial score (nSPS) is 24.4. The van der Waals surface area contributed by atoms with Gasteiger partial charge in [-0.2, -0.15) is 0 Å². The van der Waals surface area contributed by atoms with Gasteiger partial charge >= 0.3 is 5.97 Å². The molecule has 126 valence electrons. The van der Waals surface area contributed by atoms with Crippen molar-refractivity contribution in [3.05, 3.63) is 23.4 Å². The molecule has 1 aliphatic carbocycles. The van der Waals surface area contributed by atoms with Crippen molar-refractivity contribution in [3.63, 3.8) is 0 Å². The van der Waals surface area contributed by atoms with Crippen molar-refractivity contribution >= 4 is 5.97 Å². The van der Waals surface area contributed by atoms with Crippen LogP contribution in [0.1, 0.15) is 36.8 Å².